The Bertz CT molecular complexity index is 913. The highest BCUT2D eigenvalue weighted by atomic mass is 16.3. The number of hydrogen-bond acceptors (Lipinski definition) is 3. The van der Waals surface area contributed by atoms with Gasteiger partial charge in [-0.2, -0.15) is 0 Å². The van der Waals surface area contributed by atoms with Crippen molar-refractivity contribution in [3.63, 3.8) is 0 Å². The molecule has 0 unspecified atom stereocenters. The third-order valence-electron chi connectivity index (χ3n) is 4.86. The van der Waals surface area contributed by atoms with Gasteiger partial charge in [0.05, 0.1) is 0 Å². The molecule has 0 aromatic heterocycles. The predicted molar refractivity (Wildman–Crippen MR) is 114 cm³/mol. The monoisotopic (exact) mass is 372 g/mol. The van der Waals surface area contributed by atoms with Gasteiger partial charge >= 0.3 is 0 Å². The number of carbonyl (C=O) groups excluding carboxylic acids is 1. The van der Waals surface area contributed by atoms with Crippen LogP contribution < -0.4 is 0 Å². The SMILES string of the molecule is C=CCc1cc(/C=C2\CC/C(=C\c3ccc(O)c(CC=C)c3)C2=O)ccc1O. The summed E-state index contributed by atoms with van der Waals surface area (Å²) in [6.45, 7) is 7.41. The standard InChI is InChI=1S/C25H24O3/c1-3-5-19-13-17(7-11-23(19)26)15-21-9-10-22(25(21)28)16-18-8-12-24(27)20(14-18)6-4-2/h3-4,7-8,11-16,26-27H,1-2,5-6,9-10H2/b21-15+,22-16+. The number of benzene rings is 2. The molecule has 2 aromatic carbocycles. The maximum Gasteiger partial charge on any atom is 0.185 e. The largest absolute Gasteiger partial charge is 0.508 e. The summed E-state index contributed by atoms with van der Waals surface area (Å²) in [5, 5.41) is 19.8. The van der Waals surface area contributed by atoms with Crippen LogP contribution in [0.25, 0.3) is 12.2 Å². The van der Waals surface area contributed by atoms with Crippen molar-refractivity contribution in [1.82, 2.24) is 0 Å². The lowest BCUT2D eigenvalue weighted by Crippen LogP contribution is -1.96. The van der Waals surface area contributed by atoms with E-state index in [0.717, 1.165) is 33.4 Å². The number of phenolic OH excluding ortho intramolecular Hbond substituents is 2. The lowest BCUT2D eigenvalue weighted by molar-refractivity contribution is -0.111. The molecule has 2 aromatic rings. The number of Topliss-reactive ketones (excluding diaryl/α,β-unsaturated/α-hetero) is 1. The summed E-state index contributed by atoms with van der Waals surface area (Å²) in [5.41, 5.74) is 4.93. The summed E-state index contributed by atoms with van der Waals surface area (Å²) >= 11 is 0. The summed E-state index contributed by atoms with van der Waals surface area (Å²) in [5.74, 6) is 0.530. The number of ketones is 1. The van der Waals surface area contributed by atoms with E-state index in [4.69, 9.17) is 0 Å². The van der Waals surface area contributed by atoms with Gasteiger partial charge in [-0.25, -0.2) is 0 Å². The molecule has 3 rings (SSSR count). The van der Waals surface area contributed by atoms with Gasteiger partial charge in [0.1, 0.15) is 11.5 Å². The Morgan fingerprint density at radius 2 is 1.21 bits per heavy atom. The molecular formula is C25H24O3. The first-order chi connectivity index (χ1) is 13.5. The molecule has 3 nitrogen and oxygen atoms in total. The van der Waals surface area contributed by atoms with E-state index < -0.39 is 0 Å². The zero-order valence-corrected chi connectivity index (χ0v) is 15.8. The number of phenols is 2. The molecule has 142 valence electrons. The van der Waals surface area contributed by atoms with Crippen molar-refractivity contribution in [2.24, 2.45) is 0 Å². The van der Waals surface area contributed by atoms with Crippen molar-refractivity contribution in [3.05, 3.63) is 95.1 Å². The van der Waals surface area contributed by atoms with Crippen LogP contribution >= 0.6 is 0 Å². The first-order valence-corrected chi connectivity index (χ1v) is 9.33. The Labute approximate surface area is 165 Å². The maximum atomic E-state index is 12.8. The number of aromatic hydroxyl groups is 2. The molecule has 3 heteroatoms. The summed E-state index contributed by atoms with van der Waals surface area (Å²) in [7, 11) is 0. The maximum absolute atomic E-state index is 12.8. The predicted octanol–water partition coefficient (Wildman–Crippen LogP) is 5.38. The van der Waals surface area contributed by atoms with Gasteiger partial charge in [0.15, 0.2) is 5.78 Å². The molecule has 1 aliphatic carbocycles. The molecule has 0 aliphatic heterocycles. The molecule has 1 aliphatic rings. The highest BCUT2D eigenvalue weighted by Crippen LogP contribution is 2.31. The Kier molecular flexibility index (Phi) is 5.95. The number of hydrogen-bond donors (Lipinski definition) is 2. The molecule has 1 saturated carbocycles. The molecule has 0 heterocycles. The topological polar surface area (TPSA) is 57.5 Å². The zero-order valence-electron chi connectivity index (χ0n) is 15.8. The fourth-order valence-electron chi connectivity index (χ4n) is 3.41. The second-order valence-corrected chi connectivity index (χ2v) is 6.93. The van der Waals surface area contributed by atoms with Crippen molar-refractivity contribution >= 4 is 17.9 Å². The lowest BCUT2D eigenvalue weighted by atomic mass is 10.0. The van der Waals surface area contributed by atoms with E-state index in [1.807, 2.05) is 36.4 Å². The molecule has 0 amide bonds. The van der Waals surface area contributed by atoms with Gasteiger partial charge in [0.2, 0.25) is 0 Å². The quantitative estimate of drug-likeness (QED) is 0.528. The van der Waals surface area contributed by atoms with Crippen molar-refractivity contribution in [1.29, 1.82) is 0 Å². The molecule has 2 N–H and O–H groups in total. The molecule has 0 spiro atoms. The van der Waals surface area contributed by atoms with Crippen molar-refractivity contribution in [2.75, 3.05) is 0 Å². The number of carbonyl (C=O) groups is 1. The minimum absolute atomic E-state index is 0.0525. The van der Waals surface area contributed by atoms with E-state index in [0.29, 0.717) is 25.7 Å². The highest BCUT2D eigenvalue weighted by molar-refractivity contribution is 6.15. The van der Waals surface area contributed by atoms with E-state index in [-0.39, 0.29) is 17.3 Å². The van der Waals surface area contributed by atoms with Crippen LogP contribution in [0.2, 0.25) is 0 Å². The fourth-order valence-corrected chi connectivity index (χ4v) is 3.41. The van der Waals surface area contributed by atoms with E-state index >= 15 is 0 Å². The van der Waals surface area contributed by atoms with E-state index in [1.165, 1.54) is 0 Å². The summed E-state index contributed by atoms with van der Waals surface area (Å²) < 4.78 is 0. The van der Waals surface area contributed by atoms with Crippen molar-refractivity contribution < 1.29 is 15.0 Å². The van der Waals surface area contributed by atoms with Gasteiger partial charge in [0.25, 0.3) is 0 Å². The average molecular weight is 372 g/mol. The van der Waals surface area contributed by atoms with E-state index in [1.54, 1.807) is 24.3 Å². The molecule has 1 fully saturated rings. The van der Waals surface area contributed by atoms with Crippen LogP contribution in [0, 0.1) is 0 Å². The Hall–Kier alpha value is -3.33. The normalized spacial score (nSPS) is 16.6. The third kappa shape index (κ3) is 4.32. The van der Waals surface area contributed by atoms with E-state index in [2.05, 4.69) is 13.2 Å². The van der Waals surface area contributed by atoms with Crippen LogP contribution in [0.5, 0.6) is 11.5 Å². The van der Waals surface area contributed by atoms with Gasteiger partial charge in [-0.15, -0.1) is 13.2 Å². The molecular weight excluding hydrogens is 348 g/mol. The summed E-state index contributed by atoms with van der Waals surface area (Å²) in [4.78, 5) is 12.8. The zero-order chi connectivity index (χ0) is 20.1. The van der Waals surface area contributed by atoms with Gasteiger partial charge in [-0.05, 0) is 84.4 Å². The second-order valence-electron chi connectivity index (χ2n) is 6.93. The summed E-state index contributed by atoms with van der Waals surface area (Å²) in [6.07, 6.45) is 9.83. The van der Waals surface area contributed by atoms with Crippen LogP contribution in [-0.2, 0) is 17.6 Å². The third-order valence-corrected chi connectivity index (χ3v) is 4.86. The smallest absolute Gasteiger partial charge is 0.185 e. The highest BCUT2D eigenvalue weighted by Gasteiger charge is 2.23. The molecule has 0 radical (unpaired) electrons. The van der Waals surface area contributed by atoms with Crippen LogP contribution in [0.15, 0.2) is 72.9 Å². The number of allylic oxidation sites excluding steroid dienone is 4. The van der Waals surface area contributed by atoms with Crippen LogP contribution in [0.4, 0.5) is 0 Å². The van der Waals surface area contributed by atoms with Gasteiger partial charge in [-0.1, -0.05) is 24.3 Å². The van der Waals surface area contributed by atoms with Gasteiger partial charge in [-0.3, -0.25) is 4.79 Å². The fraction of sp³-hybridized carbons (Fsp3) is 0.160. The first kappa shape index (κ1) is 19.4. The Morgan fingerprint density at radius 1 is 0.786 bits per heavy atom. The molecule has 0 saturated heterocycles. The molecule has 0 atom stereocenters. The number of rotatable bonds is 6. The average Bonchev–Trinajstić information content (AvgIpc) is 3.01. The van der Waals surface area contributed by atoms with Crippen LogP contribution in [-0.4, -0.2) is 16.0 Å². The second kappa shape index (κ2) is 8.57. The van der Waals surface area contributed by atoms with Gasteiger partial charge < -0.3 is 10.2 Å². The minimum atomic E-state index is 0.0525. The van der Waals surface area contributed by atoms with Crippen LogP contribution in [0.1, 0.15) is 35.1 Å². The minimum Gasteiger partial charge on any atom is -0.508 e. The summed E-state index contributed by atoms with van der Waals surface area (Å²) in [6, 6.07) is 10.7. The van der Waals surface area contributed by atoms with E-state index in [9.17, 15) is 15.0 Å². The van der Waals surface area contributed by atoms with Crippen LogP contribution in [0.3, 0.4) is 0 Å². The lowest BCUT2D eigenvalue weighted by Gasteiger charge is -2.04. The first-order valence-electron chi connectivity index (χ1n) is 9.33. The molecule has 0 bridgehead atoms. The van der Waals surface area contributed by atoms with Crippen molar-refractivity contribution in [3.8, 4) is 11.5 Å². The Balaban J connectivity index is 1.85. The van der Waals surface area contributed by atoms with Crippen molar-refractivity contribution in [2.45, 2.75) is 25.7 Å². The van der Waals surface area contributed by atoms with Gasteiger partial charge in [0, 0.05) is 11.1 Å². The molecule has 28 heavy (non-hydrogen) atoms. The Morgan fingerprint density at radius 3 is 1.61 bits per heavy atom.